The first-order valence-electron chi connectivity index (χ1n) is 12.3. The number of methoxy groups -OCH3 is 4. The van der Waals surface area contributed by atoms with Crippen molar-refractivity contribution in [1.82, 2.24) is 9.97 Å². The molecule has 0 atom stereocenters. The van der Waals surface area contributed by atoms with Crippen molar-refractivity contribution >= 4 is 21.8 Å². The smallest absolute Gasteiger partial charge is 0.134 e. The molecule has 0 saturated carbocycles. The molecule has 0 unspecified atom stereocenters. The lowest BCUT2D eigenvalue weighted by molar-refractivity contribution is 0.398. The van der Waals surface area contributed by atoms with Gasteiger partial charge in [0, 0.05) is 29.1 Å². The fourth-order valence-corrected chi connectivity index (χ4v) is 5.23. The van der Waals surface area contributed by atoms with Crippen molar-refractivity contribution in [1.29, 1.82) is 0 Å². The summed E-state index contributed by atoms with van der Waals surface area (Å²) in [6.07, 6.45) is 0. The lowest BCUT2D eigenvalue weighted by Gasteiger charge is -2.13. The van der Waals surface area contributed by atoms with Crippen LogP contribution >= 0.6 is 0 Å². The van der Waals surface area contributed by atoms with Crippen LogP contribution in [0.4, 0.5) is 0 Å². The van der Waals surface area contributed by atoms with E-state index >= 15 is 0 Å². The Bertz CT molecular complexity index is 1750. The fraction of sp³-hybridized carbons (Fsp3) is 0.125. The summed E-state index contributed by atoms with van der Waals surface area (Å²) in [6, 6.07) is 28.6. The lowest BCUT2D eigenvalue weighted by Crippen LogP contribution is -1.93. The molecule has 0 aliphatic heterocycles. The van der Waals surface area contributed by atoms with Gasteiger partial charge in [0.15, 0.2) is 0 Å². The maximum atomic E-state index is 5.95. The standard InChI is InChI=1S/C32H28N2O4/c1-35-21-15-23-22(25(16-21)36-2)17-24(33-23)29-26(37-3)18-27(38-4)30-28(19-11-7-5-8-12-19)31(34-32(29)30)20-13-9-6-10-14-20/h5-18,33-34H,1-4H3. The van der Waals surface area contributed by atoms with Crippen LogP contribution in [0.15, 0.2) is 84.9 Å². The molecular formula is C32H28N2O4. The Morgan fingerprint density at radius 3 is 1.84 bits per heavy atom. The number of aromatic amines is 2. The molecule has 6 rings (SSSR count). The van der Waals surface area contributed by atoms with Crippen LogP contribution in [0, 0.1) is 0 Å². The first-order valence-corrected chi connectivity index (χ1v) is 12.3. The number of ether oxygens (including phenoxy) is 4. The molecule has 0 amide bonds. The minimum atomic E-state index is 0.687. The second-order valence-corrected chi connectivity index (χ2v) is 8.99. The van der Waals surface area contributed by atoms with E-state index in [0.717, 1.165) is 66.9 Å². The molecule has 0 fully saturated rings. The van der Waals surface area contributed by atoms with Crippen molar-refractivity contribution in [3.8, 4) is 56.6 Å². The van der Waals surface area contributed by atoms with Crippen molar-refractivity contribution < 1.29 is 18.9 Å². The highest BCUT2D eigenvalue weighted by Gasteiger charge is 2.25. The highest BCUT2D eigenvalue weighted by molar-refractivity contribution is 6.13. The maximum Gasteiger partial charge on any atom is 0.134 e. The van der Waals surface area contributed by atoms with E-state index in [9.17, 15) is 0 Å². The summed E-state index contributed by atoms with van der Waals surface area (Å²) in [5.41, 5.74) is 7.86. The van der Waals surface area contributed by atoms with Gasteiger partial charge in [-0.05, 0) is 17.2 Å². The molecule has 38 heavy (non-hydrogen) atoms. The number of H-pyrrole nitrogens is 2. The number of aromatic nitrogens is 2. The zero-order valence-electron chi connectivity index (χ0n) is 21.7. The second kappa shape index (κ2) is 9.56. The van der Waals surface area contributed by atoms with Gasteiger partial charge in [-0.25, -0.2) is 0 Å². The molecule has 0 saturated heterocycles. The van der Waals surface area contributed by atoms with Gasteiger partial charge in [-0.2, -0.15) is 0 Å². The average molecular weight is 505 g/mol. The van der Waals surface area contributed by atoms with Gasteiger partial charge in [0.25, 0.3) is 0 Å². The Morgan fingerprint density at radius 1 is 0.553 bits per heavy atom. The average Bonchev–Trinajstić information content (AvgIpc) is 3.59. The highest BCUT2D eigenvalue weighted by atomic mass is 16.5. The van der Waals surface area contributed by atoms with Crippen molar-refractivity contribution in [2.75, 3.05) is 28.4 Å². The monoisotopic (exact) mass is 504 g/mol. The number of fused-ring (bicyclic) bond motifs is 2. The van der Waals surface area contributed by atoms with E-state index in [0.29, 0.717) is 11.5 Å². The van der Waals surface area contributed by atoms with Crippen LogP contribution in [0.5, 0.6) is 23.0 Å². The second-order valence-electron chi connectivity index (χ2n) is 8.99. The largest absolute Gasteiger partial charge is 0.497 e. The molecule has 6 heteroatoms. The third kappa shape index (κ3) is 3.73. The van der Waals surface area contributed by atoms with Gasteiger partial charge in [0.2, 0.25) is 0 Å². The Labute approximate surface area is 220 Å². The van der Waals surface area contributed by atoms with Gasteiger partial charge in [-0.1, -0.05) is 60.7 Å². The molecule has 4 aromatic carbocycles. The topological polar surface area (TPSA) is 68.5 Å². The number of hydrogen-bond donors (Lipinski definition) is 2. The molecule has 2 heterocycles. The highest BCUT2D eigenvalue weighted by Crippen LogP contribution is 2.49. The van der Waals surface area contributed by atoms with Crippen LogP contribution in [0.2, 0.25) is 0 Å². The van der Waals surface area contributed by atoms with E-state index in [1.54, 1.807) is 28.4 Å². The molecular weight excluding hydrogens is 476 g/mol. The van der Waals surface area contributed by atoms with Crippen LogP contribution in [-0.2, 0) is 0 Å². The summed E-state index contributed by atoms with van der Waals surface area (Å²) < 4.78 is 23.1. The summed E-state index contributed by atoms with van der Waals surface area (Å²) in [5.74, 6) is 2.86. The van der Waals surface area contributed by atoms with E-state index in [-0.39, 0.29) is 0 Å². The van der Waals surface area contributed by atoms with Crippen LogP contribution in [0.3, 0.4) is 0 Å². The SMILES string of the molecule is COc1cc(OC)c2cc(-c3c(OC)cc(OC)c4c(-c5ccccc5)c(-c5ccccc5)[nH]c34)[nH]c2c1. The summed E-state index contributed by atoms with van der Waals surface area (Å²) in [5, 5.41) is 1.93. The Hall–Kier alpha value is -4.84. The predicted octanol–water partition coefficient (Wildman–Crippen LogP) is 7.68. The van der Waals surface area contributed by atoms with Gasteiger partial charge >= 0.3 is 0 Å². The van der Waals surface area contributed by atoms with E-state index in [1.165, 1.54) is 0 Å². The van der Waals surface area contributed by atoms with Gasteiger partial charge in [-0.3, -0.25) is 0 Å². The summed E-state index contributed by atoms with van der Waals surface area (Å²) in [6.45, 7) is 0. The number of nitrogens with one attached hydrogen (secondary N) is 2. The molecule has 190 valence electrons. The van der Waals surface area contributed by atoms with Crippen molar-refractivity contribution in [3.05, 3.63) is 84.9 Å². The zero-order chi connectivity index (χ0) is 26.2. The Balaban J connectivity index is 1.73. The summed E-state index contributed by atoms with van der Waals surface area (Å²) in [7, 11) is 6.68. The molecule has 6 aromatic rings. The van der Waals surface area contributed by atoms with E-state index in [4.69, 9.17) is 18.9 Å². The van der Waals surface area contributed by atoms with Crippen molar-refractivity contribution in [3.63, 3.8) is 0 Å². The molecule has 0 aliphatic rings. The zero-order valence-corrected chi connectivity index (χ0v) is 21.7. The van der Waals surface area contributed by atoms with Gasteiger partial charge in [0.05, 0.1) is 61.8 Å². The molecule has 2 aromatic heterocycles. The van der Waals surface area contributed by atoms with Gasteiger partial charge in [0.1, 0.15) is 23.0 Å². The quantitative estimate of drug-likeness (QED) is 0.234. The molecule has 0 spiro atoms. The van der Waals surface area contributed by atoms with Gasteiger partial charge < -0.3 is 28.9 Å². The third-order valence-corrected chi connectivity index (χ3v) is 6.97. The van der Waals surface area contributed by atoms with Crippen molar-refractivity contribution in [2.24, 2.45) is 0 Å². The first kappa shape index (κ1) is 23.6. The van der Waals surface area contributed by atoms with Crippen molar-refractivity contribution in [2.45, 2.75) is 0 Å². The normalized spacial score (nSPS) is 11.2. The van der Waals surface area contributed by atoms with Crippen LogP contribution in [-0.4, -0.2) is 38.4 Å². The van der Waals surface area contributed by atoms with Crippen LogP contribution in [0.25, 0.3) is 55.4 Å². The summed E-state index contributed by atoms with van der Waals surface area (Å²) >= 11 is 0. The van der Waals surface area contributed by atoms with E-state index in [2.05, 4.69) is 52.4 Å². The number of benzene rings is 4. The Kier molecular flexibility index (Phi) is 5.92. The summed E-state index contributed by atoms with van der Waals surface area (Å²) in [4.78, 5) is 7.33. The molecule has 6 nitrogen and oxygen atoms in total. The first-order chi connectivity index (χ1) is 18.7. The van der Waals surface area contributed by atoms with Crippen LogP contribution < -0.4 is 18.9 Å². The predicted molar refractivity (Wildman–Crippen MR) is 153 cm³/mol. The third-order valence-electron chi connectivity index (χ3n) is 6.97. The maximum absolute atomic E-state index is 5.95. The van der Waals surface area contributed by atoms with E-state index < -0.39 is 0 Å². The lowest BCUT2D eigenvalue weighted by atomic mass is 9.96. The Morgan fingerprint density at radius 2 is 1.21 bits per heavy atom. The number of rotatable bonds is 7. The van der Waals surface area contributed by atoms with Gasteiger partial charge in [-0.15, -0.1) is 0 Å². The number of hydrogen-bond acceptors (Lipinski definition) is 4. The minimum Gasteiger partial charge on any atom is -0.497 e. The minimum absolute atomic E-state index is 0.687. The molecule has 0 bridgehead atoms. The molecule has 0 radical (unpaired) electrons. The molecule has 2 N–H and O–H groups in total. The molecule has 0 aliphatic carbocycles. The van der Waals surface area contributed by atoms with E-state index in [1.807, 2.05) is 42.5 Å². The van der Waals surface area contributed by atoms with Crippen LogP contribution in [0.1, 0.15) is 0 Å². The fourth-order valence-electron chi connectivity index (χ4n) is 5.23.